The first-order valence-corrected chi connectivity index (χ1v) is 7.22. The van der Waals surface area contributed by atoms with Crippen LogP contribution in [-0.2, 0) is 9.05 Å². The third-order valence-corrected chi connectivity index (χ3v) is 4.56. The lowest BCUT2D eigenvalue weighted by Crippen LogP contribution is -1.88. The molecule has 2 rings (SSSR count). The fraction of sp³-hybridized carbons (Fsp3) is 0. The Morgan fingerprint density at radius 3 is 2.40 bits per heavy atom. The fourth-order valence-corrected chi connectivity index (χ4v) is 2.91. The summed E-state index contributed by atoms with van der Waals surface area (Å²) in [5.41, 5.74) is 1.50. The maximum absolute atomic E-state index is 11.0. The summed E-state index contributed by atoms with van der Waals surface area (Å²) < 4.78 is 21.9. The average Bonchev–Trinajstić information content (AvgIpc) is 2.67. The van der Waals surface area contributed by atoms with Crippen molar-refractivity contribution in [2.75, 3.05) is 0 Å². The second kappa shape index (κ2) is 3.92. The molecule has 0 bridgehead atoms. The molecule has 0 aliphatic heterocycles. The predicted octanol–water partition coefficient (Wildman–Crippen LogP) is 2.74. The summed E-state index contributed by atoms with van der Waals surface area (Å²) in [6, 6.07) is 9.33. The number of rotatable bonds is 2. The van der Waals surface area contributed by atoms with E-state index >= 15 is 0 Å². The molecule has 0 saturated heterocycles. The Kier molecular flexibility index (Phi) is 2.77. The van der Waals surface area contributed by atoms with E-state index in [1.807, 2.05) is 30.3 Å². The number of thiazole rings is 1. The molecule has 0 N–H and O–H groups in total. The van der Waals surface area contributed by atoms with E-state index in [2.05, 4.69) is 4.98 Å². The van der Waals surface area contributed by atoms with Gasteiger partial charge in [0.2, 0.25) is 4.34 Å². The van der Waals surface area contributed by atoms with E-state index in [0.29, 0.717) is 5.69 Å². The van der Waals surface area contributed by atoms with Gasteiger partial charge in [0.15, 0.2) is 0 Å². The molecular weight excluding hydrogens is 254 g/mol. The standard InChI is InChI=1S/C9H6ClNO2S2/c10-15(12,13)9-11-8(6-14-9)7-4-2-1-3-5-7/h1-6H. The minimum absolute atomic E-state index is 0.0666. The number of aromatic nitrogens is 1. The molecule has 0 saturated carbocycles. The second-order valence-corrected chi connectivity index (χ2v) is 6.40. The summed E-state index contributed by atoms with van der Waals surface area (Å²) in [6.45, 7) is 0. The molecule has 0 unspecified atom stereocenters. The minimum atomic E-state index is -3.71. The summed E-state index contributed by atoms with van der Waals surface area (Å²) >= 11 is 1.02. The highest BCUT2D eigenvalue weighted by atomic mass is 35.7. The van der Waals surface area contributed by atoms with E-state index in [1.54, 1.807) is 5.38 Å². The van der Waals surface area contributed by atoms with Crippen LogP contribution in [0.15, 0.2) is 40.1 Å². The molecule has 78 valence electrons. The first kappa shape index (κ1) is 10.6. The molecule has 0 fully saturated rings. The van der Waals surface area contributed by atoms with Crippen LogP contribution in [0.5, 0.6) is 0 Å². The van der Waals surface area contributed by atoms with Gasteiger partial charge in [0.1, 0.15) is 0 Å². The second-order valence-electron chi connectivity index (χ2n) is 2.80. The third kappa shape index (κ3) is 2.37. The van der Waals surface area contributed by atoms with Crippen molar-refractivity contribution in [2.24, 2.45) is 0 Å². The maximum Gasteiger partial charge on any atom is 0.288 e. The SMILES string of the molecule is O=S(=O)(Cl)c1nc(-c2ccccc2)cs1. The minimum Gasteiger partial charge on any atom is -0.224 e. The molecule has 15 heavy (non-hydrogen) atoms. The van der Waals surface area contributed by atoms with Crippen LogP contribution in [0.1, 0.15) is 0 Å². The van der Waals surface area contributed by atoms with Crippen LogP contribution in [0, 0.1) is 0 Å². The van der Waals surface area contributed by atoms with E-state index in [4.69, 9.17) is 10.7 Å². The molecule has 1 aromatic carbocycles. The van der Waals surface area contributed by atoms with Crippen LogP contribution >= 0.6 is 22.0 Å². The van der Waals surface area contributed by atoms with Crippen molar-refractivity contribution in [2.45, 2.75) is 4.34 Å². The van der Waals surface area contributed by atoms with Gasteiger partial charge in [-0.3, -0.25) is 0 Å². The Balaban J connectivity index is 2.46. The van der Waals surface area contributed by atoms with Crippen LogP contribution in [-0.4, -0.2) is 13.4 Å². The highest BCUT2D eigenvalue weighted by Crippen LogP contribution is 2.25. The largest absolute Gasteiger partial charge is 0.288 e. The Morgan fingerprint density at radius 2 is 1.87 bits per heavy atom. The first-order valence-electron chi connectivity index (χ1n) is 4.03. The Morgan fingerprint density at radius 1 is 1.20 bits per heavy atom. The summed E-state index contributed by atoms with van der Waals surface area (Å²) in [5.74, 6) is 0. The van der Waals surface area contributed by atoms with Gasteiger partial charge in [-0.1, -0.05) is 30.3 Å². The molecular formula is C9H6ClNO2S2. The third-order valence-electron chi connectivity index (χ3n) is 1.76. The van der Waals surface area contributed by atoms with Crippen LogP contribution in [0.25, 0.3) is 11.3 Å². The molecule has 0 atom stereocenters. The molecule has 0 spiro atoms. The van der Waals surface area contributed by atoms with Crippen molar-refractivity contribution in [3.8, 4) is 11.3 Å². The predicted molar refractivity (Wildman–Crippen MR) is 60.6 cm³/mol. The zero-order valence-corrected chi connectivity index (χ0v) is 9.81. The summed E-state index contributed by atoms with van der Waals surface area (Å²) in [4.78, 5) is 3.95. The van der Waals surface area contributed by atoms with Crippen molar-refractivity contribution >= 4 is 31.1 Å². The summed E-state index contributed by atoms with van der Waals surface area (Å²) in [6.07, 6.45) is 0. The molecule has 0 radical (unpaired) electrons. The molecule has 6 heteroatoms. The zero-order chi connectivity index (χ0) is 10.9. The number of hydrogen-bond acceptors (Lipinski definition) is 4. The van der Waals surface area contributed by atoms with Crippen LogP contribution in [0.3, 0.4) is 0 Å². The van der Waals surface area contributed by atoms with Crippen LogP contribution in [0.4, 0.5) is 0 Å². The van der Waals surface area contributed by atoms with Gasteiger partial charge in [0, 0.05) is 21.6 Å². The Bertz CT molecular complexity index is 563. The van der Waals surface area contributed by atoms with Gasteiger partial charge in [-0.05, 0) is 0 Å². The van der Waals surface area contributed by atoms with E-state index in [1.165, 1.54) is 0 Å². The average molecular weight is 260 g/mol. The summed E-state index contributed by atoms with van der Waals surface area (Å²) in [7, 11) is 1.47. The normalized spacial score (nSPS) is 11.5. The van der Waals surface area contributed by atoms with Gasteiger partial charge in [-0.2, -0.15) is 0 Å². The number of halogens is 1. The molecule has 0 aliphatic rings. The van der Waals surface area contributed by atoms with Crippen molar-refractivity contribution in [1.29, 1.82) is 0 Å². The van der Waals surface area contributed by atoms with Gasteiger partial charge in [0.05, 0.1) is 5.69 Å². The van der Waals surface area contributed by atoms with E-state index < -0.39 is 9.05 Å². The smallest absolute Gasteiger partial charge is 0.224 e. The van der Waals surface area contributed by atoms with Crippen LogP contribution < -0.4 is 0 Å². The quantitative estimate of drug-likeness (QED) is 0.779. The van der Waals surface area contributed by atoms with Crippen molar-refractivity contribution < 1.29 is 8.42 Å². The van der Waals surface area contributed by atoms with E-state index in [-0.39, 0.29) is 4.34 Å². The summed E-state index contributed by atoms with van der Waals surface area (Å²) in [5, 5.41) is 1.67. The van der Waals surface area contributed by atoms with Crippen LogP contribution in [0.2, 0.25) is 0 Å². The van der Waals surface area contributed by atoms with Gasteiger partial charge >= 0.3 is 0 Å². The molecule has 3 nitrogen and oxygen atoms in total. The van der Waals surface area contributed by atoms with Gasteiger partial charge in [0.25, 0.3) is 9.05 Å². The lowest BCUT2D eigenvalue weighted by Gasteiger charge is -1.93. The monoisotopic (exact) mass is 259 g/mol. The van der Waals surface area contributed by atoms with Crippen molar-refractivity contribution in [1.82, 2.24) is 4.98 Å². The Hall–Kier alpha value is -0.910. The lowest BCUT2D eigenvalue weighted by atomic mass is 10.2. The van der Waals surface area contributed by atoms with Crippen molar-refractivity contribution in [3.63, 3.8) is 0 Å². The van der Waals surface area contributed by atoms with Gasteiger partial charge in [-0.15, -0.1) is 11.3 Å². The number of benzene rings is 1. The topological polar surface area (TPSA) is 47.0 Å². The van der Waals surface area contributed by atoms with E-state index in [9.17, 15) is 8.42 Å². The maximum atomic E-state index is 11.0. The molecule has 1 heterocycles. The van der Waals surface area contributed by atoms with Gasteiger partial charge < -0.3 is 0 Å². The fourth-order valence-electron chi connectivity index (χ4n) is 1.11. The Labute approximate surface area is 95.8 Å². The highest BCUT2D eigenvalue weighted by Gasteiger charge is 2.15. The highest BCUT2D eigenvalue weighted by molar-refractivity contribution is 8.14. The first-order chi connectivity index (χ1) is 7.07. The van der Waals surface area contributed by atoms with Crippen molar-refractivity contribution in [3.05, 3.63) is 35.7 Å². The zero-order valence-electron chi connectivity index (χ0n) is 7.42. The van der Waals surface area contributed by atoms with E-state index in [0.717, 1.165) is 16.9 Å². The number of nitrogens with zero attached hydrogens (tertiary/aromatic N) is 1. The van der Waals surface area contributed by atoms with Gasteiger partial charge in [-0.25, -0.2) is 13.4 Å². The molecule has 2 aromatic rings. The number of hydrogen-bond donors (Lipinski definition) is 0. The molecule has 1 aromatic heterocycles. The lowest BCUT2D eigenvalue weighted by molar-refractivity contribution is 0.609. The molecule has 0 aliphatic carbocycles. The molecule has 0 amide bonds.